The molecule has 3 aliphatic rings. The first-order valence-electron chi connectivity index (χ1n) is 14.3. The van der Waals surface area contributed by atoms with Gasteiger partial charge in [-0.2, -0.15) is 0 Å². The number of fused-ring (bicyclic) bond motifs is 3. The highest BCUT2D eigenvalue weighted by molar-refractivity contribution is 5.78. The van der Waals surface area contributed by atoms with E-state index in [1.807, 2.05) is 13.1 Å². The molecule has 1 aliphatic carbocycles. The van der Waals surface area contributed by atoms with Gasteiger partial charge >= 0.3 is 0 Å². The molecule has 7 rings (SSSR count). The molecular weight excluding hydrogens is 486 g/mol. The maximum atomic E-state index is 6.26. The molecule has 2 aliphatic heterocycles. The zero-order chi connectivity index (χ0) is 26.6. The van der Waals surface area contributed by atoms with Crippen LogP contribution in [0.1, 0.15) is 61.6 Å². The third kappa shape index (κ3) is 4.86. The van der Waals surface area contributed by atoms with E-state index in [9.17, 15) is 0 Å². The Morgan fingerprint density at radius 2 is 1.90 bits per heavy atom. The number of aromatic nitrogens is 5. The molecule has 1 aromatic carbocycles. The van der Waals surface area contributed by atoms with E-state index in [2.05, 4.69) is 62.9 Å². The Morgan fingerprint density at radius 1 is 1.03 bits per heavy atom. The first-order valence-corrected chi connectivity index (χ1v) is 14.3. The molecule has 3 aromatic heterocycles. The van der Waals surface area contributed by atoms with Crippen molar-refractivity contribution in [3.63, 3.8) is 0 Å². The molecule has 39 heavy (non-hydrogen) atoms. The smallest absolute Gasteiger partial charge is 0.177 e. The minimum atomic E-state index is 0.256. The second-order valence-corrected chi connectivity index (χ2v) is 12.2. The number of hydrogen-bond donors (Lipinski definition) is 1. The van der Waals surface area contributed by atoms with Crippen LogP contribution >= 0.6 is 0 Å². The van der Waals surface area contributed by atoms with E-state index in [4.69, 9.17) is 14.7 Å². The summed E-state index contributed by atoms with van der Waals surface area (Å²) in [7, 11) is 0. The summed E-state index contributed by atoms with van der Waals surface area (Å²) in [6, 6.07) is 8.62. The summed E-state index contributed by atoms with van der Waals surface area (Å²) in [5.74, 6) is 3.91. The van der Waals surface area contributed by atoms with Gasteiger partial charge in [0.1, 0.15) is 29.8 Å². The summed E-state index contributed by atoms with van der Waals surface area (Å²) in [5.41, 5.74) is 7.92. The number of rotatable bonds is 4. The van der Waals surface area contributed by atoms with Crippen LogP contribution in [0.3, 0.4) is 0 Å². The standard InChI is InChI=1S/C31H37N7O/c1-20-33-26-15-22(17-32-29(26)34-20)21-6-7-27-23(14-21)18-38(12-13-39-27)30-24-16-31(2,3)9-8-25(24)35-28(36-30)19-37-10-4-5-11-37/h6-7,14-15,17H,4-5,8-13,16,18-19H2,1-3H3,(H,32,33,34). The molecule has 0 bridgehead atoms. The number of imidazole rings is 1. The fraction of sp³-hybridized carbons (Fsp3) is 0.484. The number of hydrogen-bond acceptors (Lipinski definition) is 7. The van der Waals surface area contributed by atoms with E-state index < -0.39 is 0 Å². The van der Waals surface area contributed by atoms with Gasteiger partial charge in [0.2, 0.25) is 0 Å². The van der Waals surface area contributed by atoms with Crippen LogP contribution < -0.4 is 9.64 Å². The Balaban J connectivity index is 1.25. The van der Waals surface area contributed by atoms with Crippen molar-refractivity contribution < 1.29 is 4.74 Å². The molecule has 0 unspecified atom stereocenters. The van der Waals surface area contributed by atoms with Crippen molar-refractivity contribution in [3.8, 4) is 16.9 Å². The summed E-state index contributed by atoms with van der Waals surface area (Å²) in [5, 5.41) is 0. The maximum absolute atomic E-state index is 6.26. The second kappa shape index (κ2) is 9.59. The van der Waals surface area contributed by atoms with Gasteiger partial charge in [-0.1, -0.05) is 19.9 Å². The molecule has 0 radical (unpaired) electrons. The van der Waals surface area contributed by atoms with Gasteiger partial charge in [0, 0.05) is 35.1 Å². The highest BCUT2D eigenvalue weighted by Gasteiger charge is 2.32. The summed E-state index contributed by atoms with van der Waals surface area (Å²) in [6.45, 7) is 12.0. The van der Waals surface area contributed by atoms with Crippen LogP contribution in [0, 0.1) is 12.3 Å². The average Bonchev–Trinajstić information content (AvgIpc) is 3.50. The summed E-state index contributed by atoms with van der Waals surface area (Å²) in [6.07, 6.45) is 7.67. The predicted molar refractivity (Wildman–Crippen MR) is 153 cm³/mol. The lowest BCUT2D eigenvalue weighted by molar-refractivity contribution is 0.303. The van der Waals surface area contributed by atoms with Crippen molar-refractivity contribution >= 4 is 17.0 Å². The summed E-state index contributed by atoms with van der Waals surface area (Å²) < 4.78 is 6.26. The molecule has 1 saturated heterocycles. The van der Waals surface area contributed by atoms with Gasteiger partial charge in [-0.3, -0.25) is 4.90 Å². The van der Waals surface area contributed by atoms with Crippen LogP contribution in [0.15, 0.2) is 30.5 Å². The monoisotopic (exact) mass is 523 g/mol. The lowest BCUT2D eigenvalue weighted by atomic mass is 9.76. The zero-order valence-corrected chi connectivity index (χ0v) is 23.3. The number of benzene rings is 1. The largest absolute Gasteiger partial charge is 0.491 e. The molecule has 0 spiro atoms. The normalized spacial score (nSPS) is 19.0. The van der Waals surface area contributed by atoms with Gasteiger partial charge in [0.05, 0.1) is 18.6 Å². The molecule has 0 amide bonds. The first kappa shape index (κ1) is 24.5. The van der Waals surface area contributed by atoms with E-state index in [0.29, 0.717) is 6.61 Å². The SMILES string of the molecule is Cc1nc2ncc(-c3ccc4c(c3)CN(c3nc(CN5CCCC5)nc5c3CC(C)(C)CC5)CCO4)cc2[nH]1. The third-order valence-corrected chi connectivity index (χ3v) is 8.50. The average molecular weight is 524 g/mol. The fourth-order valence-corrected chi connectivity index (χ4v) is 6.38. The topological polar surface area (TPSA) is 83.1 Å². The number of aromatic amines is 1. The van der Waals surface area contributed by atoms with Gasteiger partial charge in [-0.05, 0) is 81.3 Å². The van der Waals surface area contributed by atoms with Crippen LogP contribution in [-0.2, 0) is 25.9 Å². The maximum Gasteiger partial charge on any atom is 0.177 e. The number of anilines is 1. The van der Waals surface area contributed by atoms with E-state index in [1.165, 1.54) is 36.1 Å². The van der Waals surface area contributed by atoms with E-state index in [-0.39, 0.29) is 5.41 Å². The number of likely N-dealkylation sites (tertiary alicyclic amines) is 1. The van der Waals surface area contributed by atoms with Crippen molar-refractivity contribution in [2.75, 3.05) is 31.1 Å². The molecule has 1 fully saturated rings. The lowest BCUT2D eigenvalue weighted by Gasteiger charge is -2.34. The molecule has 202 valence electrons. The highest BCUT2D eigenvalue weighted by atomic mass is 16.5. The number of H-pyrrole nitrogens is 1. The van der Waals surface area contributed by atoms with Crippen molar-refractivity contribution in [3.05, 3.63) is 58.9 Å². The Morgan fingerprint density at radius 3 is 2.77 bits per heavy atom. The van der Waals surface area contributed by atoms with E-state index in [0.717, 1.165) is 91.1 Å². The Kier molecular flexibility index (Phi) is 6.03. The van der Waals surface area contributed by atoms with Crippen molar-refractivity contribution in [1.82, 2.24) is 29.8 Å². The van der Waals surface area contributed by atoms with Gasteiger partial charge in [0.25, 0.3) is 0 Å². The minimum Gasteiger partial charge on any atom is -0.491 e. The lowest BCUT2D eigenvalue weighted by Crippen LogP contribution is -2.32. The van der Waals surface area contributed by atoms with Gasteiger partial charge in [-0.15, -0.1) is 0 Å². The first-order chi connectivity index (χ1) is 18.9. The predicted octanol–water partition coefficient (Wildman–Crippen LogP) is 5.23. The quantitative estimate of drug-likeness (QED) is 0.392. The molecule has 0 saturated carbocycles. The molecular formula is C31H37N7O. The molecule has 8 nitrogen and oxygen atoms in total. The molecule has 5 heterocycles. The van der Waals surface area contributed by atoms with Gasteiger partial charge < -0.3 is 14.6 Å². The number of nitrogens with one attached hydrogen (secondary N) is 1. The van der Waals surface area contributed by atoms with E-state index >= 15 is 0 Å². The van der Waals surface area contributed by atoms with Crippen molar-refractivity contribution in [1.29, 1.82) is 0 Å². The Bertz CT molecular complexity index is 1540. The minimum absolute atomic E-state index is 0.256. The van der Waals surface area contributed by atoms with Crippen molar-refractivity contribution in [2.45, 2.75) is 66.0 Å². The van der Waals surface area contributed by atoms with Gasteiger partial charge in [-0.25, -0.2) is 19.9 Å². The molecule has 1 N–H and O–H groups in total. The van der Waals surface area contributed by atoms with Crippen LogP contribution in [0.25, 0.3) is 22.3 Å². The fourth-order valence-electron chi connectivity index (χ4n) is 6.38. The van der Waals surface area contributed by atoms with E-state index in [1.54, 1.807) is 0 Å². The van der Waals surface area contributed by atoms with Crippen LogP contribution in [0.4, 0.5) is 5.82 Å². The van der Waals surface area contributed by atoms with Crippen molar-refractivity contribution in [2.24, 2.45) is 5.41 Å². The Hall–Kier alpha value is -3.52. The van der Waals surface area contributed by atoms with Gasteiger partial charge in [0.15, 0.2) is 5.65 Å². The second-order valence-electron chi connectivity index (χ2n) is 12.2. The Labute approximate surface area is 229 Å². The number of ether oxygens (including phenoxy) is 1. The highest BCUT2D eigenvalue weighted by Crippen LogP contribution is 2.39. The summed E-state index contributed by atoms with van der Waals surface area (Å²) in [4.78, 5) is 27.7. The zero-order valence-electron chi connectivity index (χ0n) is 23.3. The van der Waals surface area contributed by atoms with Crippen LogP contribution in [-0.4, -0.2) is 56.1 Å². The number of pyridine rings is 1. The summed E-state index contributed by atoms with van der Waals surface area (Å²) >= 11 is 0. The number of nitrogens with zero attached hydrogens (tertiary/aromatic N) is 6. The number of aryl methyl sites for hydroxylation is 2. The van der Waals surface area contributed by atoms with Crippen LogP contribution in [0.5, 0.6) is 5.75 Å². The molecule has 8 heteroatoms. The molecule has 0 atom stereocenters. The van der Waals surface area contributed by atoms with Crippen LogP contribution in [0.2, 0.25) is 0 Å². The molecule has 4 aromatic rings. The third-order valence-electron chi connectivity index (χ3n) is 8.50.